The second-order valence-corrected chi connectivity index (χ2v) is 9.43. The lowest BCUT2D eigenvalue weighted by Crippen LogP contribution is -2.32. The Morgan fingerprint density at radius 2 is 2.10 bits per heavy atom. The van der Waals surface area contributed by atoms with Crippen LogP contribution in [-0.4, -0.2) is 32.5 Å². The number of thioether (sulfide) groups is 1. The highest BCUT2D eigenvalue weighted by atomic mass is 32.2. The molecular formula is C14H26N2O2S3. The second kappa shape index (κ2) is 9.15. The van der Waals surface area contributed by atoms with Crippen LogP contribution in [0, 0.1) is 6.92 Å². The Morgan fingerprint density at radius 3 is 2.71 bits per heavy atom. The Hall–Kier alpha value is -0.0800. The van der Waals surface area contributed by atoms with Crippen molar-refractivity contribution >= 4 is 33.1 Å². The Kier molecular flexibility index (Phi) is 8.26. The monoisotopic (exact) mass is 350 g/mol. The average molecular weight is 351 g/mol. The van der Waals surface area contributed by atoms with E-state index in [1.54, 1.807) is 6.07 Å². The van der Waals surface area contributed by atoms with Crippen LogP contribution in [0.15, 0.2) is 10.3 Å². The summed E-state index contributed by atoms with van der Waals surface area (Å²) in [5.41, 5.74) is 1.04. The first-order chi connectivity index (χ1) is 9.90. The van der Waals surface area contributed by atoms with Gasteiger partial charge in [-0.25, -0.2) is 13.1 Å². The van der Waals surface area contributed by atoms with Gasteiger partial charge in [-0.1, -0.05) is 13.8 Å². The van der Waals surface area contributed by atoms with E-state index in [9.17, 15) is 8.42 Å². The van der Waals surface area contributed by atoms with Gasteiger partial charge in [0.05, 0.1) is 0 Å². The average Bonchev–Trinajstić information content (AvgIpc) is 2.78. The zero-order valence-electron chi connectivity index (χ0n) is 13.2. The molecule has 4 nitrogen and oxygen atoms in total. The third-order valence-electron chi connectivity index (χ3n) is 3.05. The molecule has 1 aromatic heterocycles. The minimum absolute atomic E-state index is 0.0336. The van der Waals surface area contributed by atoms with E-state index in [2.05, 4.69) is 17.0 Å². The molecule has 2 N–H and O–H groups in total. The van der Waals surface area contributed by atoms with Crippen LogP contribution in [-0.2, 0) is 16.6 Å². The van der Waals surface area contributed by atoms with Crippen LogP contribution in [0.1, 0.15) is 37.6 Å². The normalized spacial score (nSPS) is 13.5. The fourth-order valence-corrected chi connectivity index (χ4v) is 5.48. The van der Waals surface area contributed by atoms with Crippen molar-refractivity contribution < 1.29 is 8.42 Å². The molecule has 0 aliphatic rings. The van der Waals surface area contributed by atoms with Crippen molar-refractivity contribution in [2.75, 3.05) is 18.1 Å². The molecular weight excluding hydrogens is 324 g/mol. The van der Waals surface area contributed by atoms with E-state index in [1.807, 2.05) is 32.5 Å². The van der Waals surface area contributed by atoms with Crippen LogP contribution in [0.5, 0.6) is 0 Å². The molecule has 0 saturated heterocycles. The highest BCUT2D eigenvalue weighted by molar-refractivity contribution is 7.99. The number of nitrogens with one attached hydrogen (secondary N) is 2. The van der Waals surface area contributed by atoms with Crippen LogP contribution in [0.25, 0.3) is 0 Å². The quantitative estimate of drug-likeness (QED) is 0.637. The summed E-state index contributed by atoms with van der Waals surface area (Å²) >= 11 is 3.19. The van der Waals surface area contributed by atoms with Crippen molar-refractivity contribution in [2.45, 2.75) is 50.9 Å². The van der Waals surface area contributed by atoms with E-state index in [0.29, 0.717) is 4.21 Å². The second-order valence-electron chi connectivity index (χ2n) is 4.96. The summed E-state index contributed by atoms with van der Waals surface area (Å²) in [5.74, 6) is 2.05. The Bertz CT molecular complexity index is 526. The standard InChI is InChI=1S/C14H26N2O2S3/c1-5-15-10-13-11(3)9-14(20-13)21(17,18)16-12(4)7-8-19-6-2/h9,12,15-16H,5-8,10H2,1-4H3. The summed E-state index contributed by atoms with van der Waals surface area (Å²) in [6, 6.07) is 1.74. The molecule has 21 heavy (non-hydrogen) atoms. The zero-order valence-corrected chi connectivity index (χ0v) is 15.7. The number of sulfonamides is 1. The molecule has 1 heterocycles. The minimum atomic E-state index is -3.39. The van der Waals surface area contributed by atoms with E-state index in [0.717, 1.165) is 41.5 Å². The largest absolute Gasteiger partial charge is 0.312 e. The first kappa shape index (κ1) is 19.0. The predicted octanol–water partition coefficient (Wildman–Crippen LogP) is 2.98. The summed E-state index contributed by atoms with van der Waals surface area (Å²) in [5, 5.41) is 3.24. The maximum absolute atomic E-state index is 12.4. The van der Waals surface area contributed by atoms with E-state index < -0.39 is 10.0 Å². The molecule has 122 valence electrons. The van der Waals surface area contributed by atoms with Crippen molar-refractivity contribution in [2.24, 2.45) is 0 Å². The van der Waals surface area contributed by atoms with E-state index >= 15 is 0 Å². The van der Waals surface area contributed by atoms with E-state index in [-0.39, 0.29) is 6.04 Å². The number of hydrogen-bond acceptors (Lipinski definition) is 5. The predicted molar refractivity (Wildman–Crippen MR) is 93.8 cm³/mol. The molecule has 0 fully saturated rings. The van der Waals surface area contributed by atoms with Gasteiger partial charge in [0.2, 0.25) is 10.0 Å². The van der Waals surface area contributed by atoms with Gasteiger partial charge in [-0.2, -0.15) is 11.8 Å². The van der Waals surface area contributed by atoms with Gasteiger partial charge in [0.1, 0.15) is 4.21 Å². The lowest BCUT2D eigenvalue weighted by Gasteiger charge is -2.12. The molecule has 0 aliphatic heterocycles. The minimum Gasteiger partial charge on any atom is -0.312 e. The molecule has 1 unspecified atom stereocenters. The molecule has 7 heteroatoms. The zero-order chi connectivity index (χ0) is 15.9. The summed E-state index contributed by atoms with van der Waals surface area (Å²) in [7, 11) is -3.39. The number of thiophene rings is 1. The van der Waals surface area contributed by atoms with Gasteiger partial charge in [-0.3, -0.25) is 0 Å². The van der Waals surface area contributed by atoms with E-state index in [4.69, 9.17) is 0 Å². The van der Waals surface area contributed by atoms with Gasteiger partial charge in [-0.05, 0) is 49.9 Å². The number of hydrogen-bond donors (Lipinski definition) is 2. The molecule has 0 saturated carbocycles. The molecule has 1 atom stereocenters. The van der Waals surface area contributed by atoms with Gasteiger partial charge in [-0.15, -0.1) is 11.3 Å². The third-order valence-corrected chi connectivity index (χ3v) is 7.29. The van der Waals surface area contributed by atoms with Crippen molar-refractivity contribution in [3.63, 3.8) is 0 Å². The van der Waals surface area contributed by atoms with Crippen LogP contribution in [0.2, 0.25) is 0 Å². The molecule has 1 rings (SSSR count). The van der Waals surface area contributed by atoms with Crippen molar-refractivity contribution in [3.8, 4) is 0 Å². The van der Waals surface area contributed by atoms with Crippen LogP contribution >= 0.6 is 23.1 Å². The lowest BCUT2D eigenvalue weighted by molar-refractivity contribution is 0.559. The lowest BCUT2D eigenvalue weighted by atomic mass is 10.3. The summed E-state index contributed by atoms with van der Waals surface area (Å²) in [6.45, 7) is 9.64. The molecule has 0 aliphatic carbocycles. The fourth-order valence-electron chi connectivity index (χ4n) is 1.82. The maximum Gasteiger partial charge on any atom is 0.250 e. The Morgan fingerprint density at radius 1 is 1.38 bits per heavy atom. The highest BCUT2D eigenvalue weighted by Gasteiger charge is 2.20. The molecule has 0 spiro atoms. The van der Waals surface area contributed by atoms with Crippen molar-refractivity contribution in [3.05, 3.63) is 16.5 Å². The third kappa shape index (κ3) is 6.28. The summed E-state index contributed by atoms with van der Waals surface area (Å²) < 4.78 is 28.0. The Balaban J connectivity index is 2.69. The van der Waals surface area contributed by atoms with Crippen LogP contribution < -0.4 is 10.0 Å². The molecule has 1 aromatic rings. The fraction of sp³-hybridized carbons (Fsp3) is 0.714. The van der Waals surface area contributed by atoms with Gasteiger partial charge in [0.25, 0.3) is 0 Å². The first-order valence-corrected chi connectivity index (χ1v) is 10.8. The van der Waals surface area contributed by atoms with Gasteiger partial charge in [0.15, 0.2) is 0 Å². The first-order valence-electron chi connectivity index (χ1n) is 7.30. The maximum atomic E-state index is 12.4. The SMILES string of the molecule is CCNCc1sc(S(=O)(=O)NC(C)CCSCC)cc1C. The molecule has 0 radical (unpaired) electrons. The Labute approximate surface area is 137 Å². The smallest absolute Gasteiger partial charge is 0.250 e. The van der Waals surface area contributed by atoms with Gasteiger partial charge in [0, 0.05) is 17.5 Å². The topological polar surface area (TPSA) is 58.2 Å². The van der Waals surface area contributed by atoms with Gasteiger partial charge < -0.3 is 5.32 Å². The van der Waals surface area contributed by atoms with Crippen molar-refractivity contribution in [1.82, 2.24) is 10.0 Å². The number of aryl methyl sites for hydroxylation is 1. The molecule has 0 amide bonds. The molecule has 0 bridgehead atoms. The highest BCUT2D eigenvalue weighted by Crippen LogP contribution is 2.26. The van der Waals surface area contributed by atoms with Crippen LogP contribution in [0.4, 0.5) is 0 Å². The summed E-state index contributed by atoms with van der Waals surface area (Å²) in [4.78, 5) is 1.09. The van der Waals surface area contributed by atoms with Crippen LogP contribution in [0.3, 0.4) is 0 Å². The summed E-state index contributed by atoms with van der Waals surface area (Å²) in [6.07, 6.45) is 0.854. The van der Waals surface area contributed by atoms with Crippen molar-refractivity contribution in [1.29, 1.82) is 0 Å². The van der Waals surface area contributed by atoms with Gasteiger partial charge >= 0.3 is 0 Å². The number of rotatable bonds is 10. The van der Waals surface area contributed by atoms with E-state index in [1.165, 1.54) is 11.3 Å². The molecule has 0 aromatic carbocycles.